The normalized spacial score (nSPS) is 13.6. The van der Waals surface area contributed by atoms with E-state index in [1.807, 2.05) is 13.8 Å². The van der Waals surface area contributed by atoms with Crippen molar-refractivity contribution in [3.05, 3.63) is 0 Å². The monoisotopic (exact) mass is 189 g/mol. The smallest absolute Gasteiger partial charge is 0.172 e. The van der Waals surface area contributed by atoms with E-state index in [2.05, 4.69) is 6.92 Å². The Hall–Kier alpha value is -0.120. The molecule has 0 aliphatic carbocycles. The van der Waals surface area contributed by atoms with Crippen molar-refractivity contribution in [3.63, 3.8) is 0 Å². The maximum absolute atomic E-state index is 5.93. The molecule has 0 aliphatic rings. The molecule has 0 aromatic rings. The number of hydrogen-bond acceptors (Lipinski definition) is 3. The van der Waals surface area contributed by atoms with E-state index in [1.54, 1.807) is 0 Å². The number of hydrogen-bond donors (Lipinski definition) is 1. The van der Waals surface area contributed by atoms with E-state index in [4.69, 9.17) is 15.2 Å². The summed E-state index contributed by atoms with van der Waals surface area (Å²) >= 11 is 0. The van der Waals surface area contributed by atoms with Crippen LogP contribution in [0.2, 0.25) is 0 Å². The van der Waals surface area contributed by atoms with E-state index in [0.717, 1.165) is 12.8 Å². The molecule has 0 saturated heterocycles. The number of ether oxygens (including phenoxy) is 2. The average molecular weight is 189 g/mol. The van der Waals surface area contributed by atoms with Crippen LogP contribution in [0.4, 0.5) is 0 Å². The van der Waals surface area contributed by atoms with Crippen molar-refractivity contribution >= 4 is 0 Å². The van der Waals surface area contributed by atoms with Crippen molar-refractivity contribution < 1.29 is 9.47 Å². The molecule has 0 bridgehead atoms. The molecule has 0 aromatic carbocycles. The van der Waals surface area contributed by atoms with E-state index < -0.39 is 0 Å². The van der Waals surface area contributed by atoms with Gasteiger partial charge in [-0.1, -0.05) is 19.8 Å². The van der Waals surface area contributed by atoms with Crippen molar-refractivity contribution in [2.45, 2.75) is 52.4 Å². The zero-order valence-corrected chi connectivity index (χ0v) is 9.08. The minimum atomic E-state index is -0.221. The van der Waals surface area contributed by atoms with E-state index >= 15 is 0 Å². The fourth-order valence-corrected chi connectivity index (χ4v) is 1.20. The summed E-state index contributed by atoms with van der Waals surface area (Å²) in [4.78, 5) is 0. The van der Waals surface area contributed by atoms with Crippen LogP contribution >= 0.6 is 0 Å². The lowest BCUT2D eigenvalue weighted by atomic mass is 10.1. The molecule has 0 aromatic heterocycles. The van der Waals surface area contributed by atoms with E-state index in [-0.39, 0.29) is 12.3 Å². The molecule has 13 heavy (non-hydrogen) atoms. The summed E-state index contributed by atoms with van der Waals surface area (Å²) < 4.78 is 10.8. The predicted octanol–water partition coefficient (Wildman–Crippen LogP) is 1.90. The van der Waals surface area contributed by atoms with Crippen molar-refractivity contribution in [1.29, 1.82) is 0 Å². The van der Waals surface area contributed by atoms with Crippen LogP contribution in [0, 0.1) is 0 Å². The minimum Gasteiger partial charge on any atom is -0.351 e. The quantitative estimate of drug-likeness (QED) is 0.593. The molecule has 0 radical (unpaired) electrons. The fourth-order valence-electron chi connectivity index (χ4n) is 1.20. The second kappa shape index (κ2) is 8.48. The lowest BCUT2D eigenvalue weighted by molar-refractivity contribution is -0.149. The van der Waals surface area contributed by atoms with Crippen LogP contribution < -0.4 is 5.73 Å². The molecule has 0 unspecified atom stereocenters. The number of unbranched alkanes of at least 4 members (excludes halogenated alkanes) is 1. The first-order valence-electron chi connectivity index (χ1n) is 5.24. The Morgan fingerprint density at radius 3 is 2.00 bits per heavy atom. The van der Waals surface area contributed by atoms with Crippen LogP contribution in [0.1, 0.15) is 40.0 Å². The van der Waals surface area contributed by atoms with Gasteiger partial charge >= 0.3 is 0 Å². The fraction of sp³-hybridized carbons (Fsp3) is 1.00. The third-order valence-electron chi connectivity index (χ3n) is 1.90. The van der Waals surface area contributed by atoms with Crippen LogP contribution in [-0.2, 0) is 9.47 Å². The molecule has 80 valence electrons. The zero-order valence-electron chi connectivity index (χ0n) is 9.08. The highest BCUT2D eigenvalue weighted by molar-refractivity contribution is 4.65. The second-order valence-electron chi connectivity index (χ2n) is 3.09. The summed E-state index contributed by atoms with van der Waals surface area (Å²) in [6.45, 7) is 7.38. The summed E-state index contributed by atoms with van der Waals surface area (Å²) in [6.07, 6.45) is 3.05. The van der Waals surface area contributed by atoms with Gasteiger partial charge in [-0.15, -0.1) is 0 Å². The van der Waals surface area contributed by atoms with Gasteiger partial charge in [-0.25, -0.2) is 0 Å². The first-order valence-corrected chi connectivity index (χ1v) is 5.24. The van der Waals surface area contributed by atoms with Crippen molar-refractivity contribution in [3.8, 4) is 0 Å². The molecule has 1 atom stereocenters. The Morgan fingerprint density at radius 2 is 1.62 bits per heavy atom. The standard InChI is InChI=1S/C10H23NO2/c1-4-7-8-9(11)10(12-5-2)13-6-3/h9-10H,4-8,11H2,1-3H3/t9-/m0/s1. The van der Waals surface area contributed by atoms with Gasteiger partial charge in [-0.3, -0.25) is 0 Å². The molecule has 0 spiro atoms. The maximum atomic E-state index is 5.93. The molecule has 0 saturated carbocycles. The summed E-state index contributed by atoms with van der Waals surface area (Å²) in [6, 6.07) is 0.0137. The molecule has 3 nitrogen and oxygen atoms in total. The molecule has 2 N–H and O–H groups in total. The van der Waals surface area contributed by atoms with Gasteiger partial charge in [0.25, 0.3) is 0 Å². The minimum absolute atomic E-state index is 0.0137. The summed E-state index contributed by atoms with van der Waals surface area (Å²) in [5.41, 5.74) is 5.93. The topological polar surface area (TPSA) is 44.5 Å². The SMILES string of the molecule is CCCC[C@H](N)C(OCC)OCC. The molecule has 0 aliphatic heterocycles. The lowest BCUT2D eigenvalue weighted by Gasteiger charge is -2.23. The van der Waals surface area contributed by atoms with Gasteiger partial charge in [0.15, 0.2) is 6.29 Å². The molecule has 0 amide bonds. The van der Waals surface area contributed by atoms with Crippen LogP contribution in [0.5, 0.6) is 0 Å². The van der Waals surface area contributed by atoms with Gasteiger partial charge in [-0.05, 0) is 20.3 Å². The molecular weight excluding hydrogens is 166 g/mol. The number of rotatable bonds is 8. The Morgan fingerprint density at radius 1 is 1.08 bits per heavy atom. The molecule has 0 fully saturated rings. The van der Waals surface area contributed by atoms with E-state index in [1.165, 1.54) is 6.42 Å². The Balaban J connectivity index is 3.72. The average Bonchev–Trinajstić information content (AvgIpc) is 2.14. The summed E-state index contributed by atoms with van der Waals surface area (Å²) in [7, 11) is 0. The largest absolute Gasteiger partial charge is 0.351 e. The Kier molecular flexibility index (Phi) is 8.40. The first kappa shape index (κ1) is 12.9. The van der Waals surface area contributed by atoms with Crippen LogP contribution in [0.3, 0.4) is 0 Å². The zero-order chi connectivity index (χ0) is 10.1. The maximum Gasteiger partial charge on any atom is 0.172 e. The Labute approximate surface area is 81.6 Å². The summed E-state index contributed by atoms with van der Waals surface area (Å²) in [5, 5.41) is 0. The molecule has 0 rings (SSSR count). The van der Waals surface area contributed by atoms with Crippen molar-refractivity contribution in [2.75, 3.05) is 13.2 Å². The van der Waals surface area contributed by atoms with Gasteiger partial charge in [0, 0.05) is 13.2 Å². The van der Waals surface area contributed by atoms with Crippen LogP contribution in [0.25, 0.3) is 0 Å². The second-order valence-corrected chi connectivity index (χ2v) is 3.09. The highest BCUT2D eigenvalue weighted by atomic mass is 16.7. The summed E-state index contributed by atoms with van der Waals surface area (Å²) in [5.74, 6) is 0. The van der Waals surface area contributed by atoms with Crippen LogP contribution in [0.15, 0.2) is 0 Å². The van der Waals surface area contributed by atoms with Crippen molar-refractivity contribution in [2.24, 2.45) is 5.73 Å². The first-order chi connectivity index (χ1) is 6.26. The third kappa shape index (κ3) is 6.02. The predicted molar refractivity (Wildman–Crippen MR) is 54.5 cm³/mol. The highest BCUT2D eigenvalue weighted by Crippen LogP contribution is 2.07. The van der Waals surface area contributed by atoms with Gasteiger partial charge in [0.2, 0.25) is 0 Å². The van der Waals surface area contributed by atoms with Gasteiger partial charge in [0.1, 0.15) is 0 Å². The van der Waals surface area contributed by atoms with Gasteiger partial charge in [-0.2, -0.15) is 0 Å². The molecule has 3 heteroatoms. The molecule has 0 heterocycles. The Bertz CT molecular complexity index is 103. The van der Waals surface area contributed by atoms with E-state index in [0.29, 0.717) is 13.2 Å². The van der Waals surface area contributed by atoms with Crippen molar-refractivity contribution in [1.82, 2.24) is 0 Å². The van der Waals surface area contributed by atoms with Crippen LogP contribution in [-0.4, -0.2) is 25.5 Å². The highest BCUT2D eigenvalue weighted by Gasteiger charge is 2.16. The number of nitrogens with two attached hydrogens (primary N) is 1. The lowest BCUT2D eigenvalue weighted by Crippen LogP contribution is -2.38. The third-order valence-corrected chi connectivity index (χ3v) is 1.90. The van der Waals surface area contributed by atoms with Gasteiger partial charge in [0.05, 0.1) is 6.04 Å². The van der Waals surface area contributed by atoms with Gasteiger partial charge < -0.3 is 15.2 Å². The van der Waals surface area contributed by atoms with E-state index in [9.17, 15) is 0 Å². The molecular formula is C10H23NO2.